The molecule has 1 atom stereocenters. The summed E-state index contributed by atoms with van der Waals surface area (Å²) < 4.78 is 2.15. The fourth-order valence-electron chi connectivity index (χ4n) is 3.36. The lowest BCUT2D eigenvalue weighted by Gasteiger charge is -2.15. The van der Waals surface area contributed by atoms with Gasteiger partial charge >= 0.3 is 0 Å². The second kappa shape index (κ2) is 5.96. The van der Waals surface area contributed by atoms with Gasteiger partial charge in [0.1, 0.15) is 5.82 Å². The predicted molar refractivity (Wildman–Crippen MR) is 98.9 cm³/mol. The number of nitrogens with zero attached hydrogens (tertiary/aromatic N) is 3. The third-order valence-electron chi connectivity index (χ3n) is 4.71. The molecular formula is C20H20N4. The van der Waals surface area contributed by atoms with E-state index in [1.807, 2.05) is 36.9 Å². The average molecular weight is 316 g/mol. The molecule has 4 aromatic rings. The van der Waals surface area contributed by atoms with E-state index in [0.29, 0.717) is 11.9 Å². The maximum Gasteiger partial charge on any atom is 0.131 e. The first-order chi connectivity index (χ1) is 11.7. The van der Waals surface area contributed by atoms with Crippen molar-refractivity contribution in [1.82, 2.24) is 14.5 Å². The van der Waals surface area contributed by atoms with E-state index in [4.69, 9.17) is 5.73 Å². The van der Waals surface area contributed by atoms with E-state index in [1.54, 1.807) is 0 Å². The minimum Gasteiger partial charge on any atom is -0.383 e. The summed E-state index contributed by atoms with van der Waals surface area (Å²) in [5, 5.41) is 3.44. The van der Waals surface area contributed by atoms with Crippen molar-refractivity contribution in [2.45, 2.75) is 25.8 Å². The highest BCUT2D eigenvalue weighted by atomic mass is 15.0. The van der Waals surface area contributed by atoms with Crippen molar-refractivity contribution < 1.29 is 0 Å². The van der Waals surface area contributed by atoms with Gasteiger partial charge in [-0.2, -0.15) is 0 Å². The largest absolute Gasteiger partial charge is 0.383 e. The van der Waals surface area contributed by atoms with Crippen LogP contribution in [0.3, 0.4) is 0 Å². The Hall–Kier alpha value is -2.88. The summed E-state index contributed by atoms with van der Waals surface area (Å²) in [5.41, 5.74) is 8.43. The Balaban J connectivity index is 1.77. The van der Waals surface area contributed by atoms with Crippen molar-refractivity contribution in [1.29, 1.82) is 0 Å². The van der Waals surface area contributed by atoms with Crippen LogP contribution in [0, 0.1) is 0 Å². The number of fused-ring (bicyclic) bond motifs is 3. The summed E-state index contributed by atoms with van der Waals surface area (Å²) in [7, 11) is 0. The number of aromatic nitrogens is 3. The van der Waals surface area contributed by atoms with E-state index < -0.39 is 0 Å². The van der Waals surface area contributed by atoms with Gasteiger partial charge in [0.15, 0.2) is 0 Å². The molecule has 0 aliphatic rings. The Labute approximate surface area is 141 Å². The lowest BCUT2D eigenvalue weighted by Crippen LogP contribution is -2.04. The van der Waals surface area contributed by atoms with Crippen LogP contribution in [0.15, 0.2) is 61.2 Å². The zero-order valence-corrected chi connectivity index (χ0v) is 13.7. The quantitative estimate of drug-likeness (QED) is 0.569. The maximum absolute atomic E-state index is 6.14. The van der Waals surface area contributed by atoms with E-state index in [0.717, 1.165) is 23.7 Å². The Kier molecular flexibility index (Phi) is 3.65. The van der Waals surface area contributed by atoms with Gasteiger partial charge in [-0.1, -0.05) is 36.4 Å². The molecule has 0 aliphatic carbocycles. The van der Waals surface area contributed by atoms with Crippen LogP contribution in [0.1, 0.15) is 24.9 Å². The van der Waals surface area contributed by atoms with Crippen LogP contribution < -0.4 is 5.73 Å². The smallest absolute Gasteiger partial charge is 0.131 e. The monoisotopic (exact) mass is 316 g/mol. The molecule has 4 rings (SSSR count). The molecule has 0 amide bonds. The Morgan fingerprint density at radius 2 is 1.92 bits per heavy atom. The molecule has 0 saturated heterocycles. The molecule has 1 unspecified atom stereocenters. The summed E-state index contributed by atoms with van der Waals surface area (Å²) in [6.45, 7) is 2.22. The minimum atomic E-state index is 0.413. The van der Waals surface area contributed by atoms with Crippen LogP contribution in [0.5, 0.6) is 0 Å². The second-order valence-electron chi connectivity index (χ2n) is 6.25. The first-order valence-corrected chi connectivity index (χ1v) is 8.27. The molecule has 0 spiro atoms. The Bertz CT molecular complexity index is 989. The lowest BCUT2D eigenvalue weighted by molar-refractivity contribution is 0.507. The number of rotatable bonds is 4. The number of aryl methyl sites for hydroxylation is 1. The molecule has 4 heteroatoms. The van der Waals surface area contributed by atoms with Gasteiger partial charge in [-0.15, -0.1) is 0 Å². The molecule has 2 aromatic heterocycles. The van der Waals surface area contributed by atoms with Crippen LogP contribution >= 0.6 is 0 Å². The number of nitrogens with two attached hydrogens (primary N) is 1. The van der Waals surface area contributed by atoms with Gasteiger partial charge in [-0.25, -0.2) is 9.97 Å². The van der Waals surface area contributed by atoms with Crippen molar-refractivity contribution in [2.24, 2.45) is 0 Å². The lowest BCUT2D eigenvalue weighted by atomic mass is 9.97. The van der Waals surface area contributed by atoms with Crippen LogP contribution in [-0.4, -0.2) is 14.5 Å². The van der Waals surface area contributed by atoms with Crippen molar-refractivity contribution in [2.75, 3.05) is 5.73 Å². The summed E-state index contributed by atoms with van der Waals surface area (Å²) in [6.07, 6.45) is 7.77. The van der Waals surface area contributed by atoms with E-state index in [-0.39, 0.29) is 0 Å². The van der Waals surface area contributed by atoms with Crippen LogP contribution in [0.25, 0.3) is 21.7 Å². The van der Waals surface area contributed by atoms with Gasteiger partial charge in [0.05, 0.1) is 11.8 Å². The molecular weight excluding hydrogens is 296 g/mol. The Morgan fingerprint density at radius 1 is 1.08 bits per heavy atom. The minimum absolute atomic E-state index is 0.413. The molecule has 0 saturated carbocycles. The number of imidazole rings is 1. The standard InChI is InChI=1S/C20H20N4/c1-14(24-12-11-22-13-24)9-10-15-5-4-8-18-19(15)16-6-2-3-7-17(16)20(21)23-18/h2-8,11-14H,9-10H2,1H3,(H2,21,23). The van der Waals surface area contributed by atoms with Crippen molar-refractivity contribution in [3.05, 3.63) is 66.7 Å². The van der Waals surface area contributed by atoms with E-state index in [2.05, 4.69) is 45.7 Å². The zero-order valence-electron chi connectivity index (χ0n) is 13.7. The van der Waals surface area contributed by atoms with Gasteiger partial charge in [-0.05, 0) is 36.8 Å². The SMILES string of the molecule is CC(CCc1cccc2nc(N)c3ccccc3c12)n1ccnc1. The first-order valence-electron chi connectivity index (χ1n) is 8.27. The fourth-order valence-corrected chi connectivity index (χ4v) is 3.36. The summed E-state index contributed by atoms with van der Waals surface area (Å²) in [4.78, 5) is 8.74. The summed E-state index contributed by atoms with van der Waals surface area (Å²) >= 11 is 0. The van der Waals surface area contributed by atoms with Crippen molar-refractivity contribution in [3.63, 3.8) is 0 Å². The third-order valence-corrected chi connectivity index (χ3v) is 4.71. The first kappa shape index (κ1) is 14.7. The topological polar surface area (TPSA) is 56.7 Å². The number of hydrogen-bond donors (Lipinski definition) is 1. The number of hydrogen-bond acceptors (Lipinski definition) is 3. The van der Waals surface area contributed by atoms with E-state index in [1.165, 1.54) is 16.3 Å². The molecule has 2 aromatic carbocycles. The van der Waals surface area contributed by atoms with Gasteiger partial charge < -0.3 is 10.3 Å². The molecule has 4 nitrogen and oxygen atoms in total. The zero-order chi connectivity index (χ0) is 16.5. The maximum atomic E-state index is 6.14. The van der Waals surface area contributed by atoms with E-state index >= 15 is 0 Å². The van der Waals surface area contributed by atoms with Crippen LogP contribution in [0.2, 0.25) is 0 Å². The van der Waals surface area contributed by atoms with Crippen molar-refractivity contribution in [3.8, 4) is 0 Å². The normalized spacial score (nSPS) is 12.7. The summed E-state index contributed by atoms with van der Waals surface area (Å²) in [5.74, 6) is 0.599. The number of benzene rings is 2. The molecule has 120 valence electrons. The van der Waals surface area contributed by atoms with Gasteiger partial charge in [0.2, 0.25) is 0 Å². The average Bonchev–Trinajstić information content (AvgIpc) is 3.14. The molecule has 0 fully saturated rings. The van der Waals surface area contributed by atoms with Gasteiger partial charge in [0.25, 0.3) is 0 Å². The highest BCUT2D eigenvalue weighted by Crippen LogP contribution is 2.31. The van der Waals surface area contributed by atoms with Crippen LogP contribution in [-0.2, 0) is 6.42 Å². The number of nitrogen functional groups attached to an aromatic ring is 1. The second-order valence-corrected chi connectivity index (χ2v) is 6.25. The van der Waals surface area contributed by atoms with Crippen LogP contribution in [0.4, 0.5) is 5.82 Å². The van der Waals surface area contributed by atoms with E-state index in [9.17, 15) is 0 Å². The highest BCUT2D eigenvalue weighted by molar-refractivity contribution is 6.11. The number of pyridine rings is 1. The number of anilines is 1. The summed E-state index contributed by atoms with van der Waals surface area (Å²) in [6, 6.07) is 15.0. The predicted octanol–water partition coefficient (Wildman–Crippen LogP) is 4.36. The molecule has 0 radical (unpaired) electrons. The van der Waals surface area contributed by atoms with Gasteiger partial charge in [0, 0.05) is 29.2 Å². The molecule has 2 N–H and O–H groups in total. The fraction of sp³-hybridized carbons (Fsp3) is 0.200. The molecule has 2 heterocycles. The highest BCUT2D eigenvalue weighted by Gasteiger charge is 2.11. The molecule has 0 bridgehead atoms. The van der Waals surface area contributed by atoms with Gasteiger partial charge in [-0.3, -0.25) is 0 Å². The Morgan fingerprint density at radius 3 is 2.71 bits per heavy atom. The third kappa shape index (κ3) is 2.50. The molecule has 0 aliphatic heterocycles. The van der Waals surface area contributed by atoms with Crippen molar-refractivity contribution >= 4 is 27.5 Å². The molecule has 24 heavy (non-hydrogen) atoms.